The normalized spacial score (nSPS) is 11.8. The van der Waals surface area contributed by atoms with Crippen molar-refractivity contribution in [2.45, 2.75) is 39.5 Å². The highest BCUT2D eigenvalue weighted by Crippen LogP contribution is 2.29. The zero-order valence-electron chi connectivity index (χ0n) is 15.4. The zero-order chi connectivity index (χ0) is 19.1. The summed E-state index contributed by atoms with van der Waals surface area (Å²) in [6.07, 6.45) is -0.585. The summed E-state index contributed by atoms with van der Waals surface area (Å²) in [6, 6.07) is 12.5. The van der Waals surface area contributed by atoms with E-state index in [1.807, 2.05) is 32.0 Å². The first-order chi connectivity index (χ1) is 12.4. The van der Waals surface area contributed by atoms with Crippen LogP contribution in [0.15, 0.2) is 42.5 Å². The third-order valence-electron chi connectivity index (χ3n) is 3.54. The van der Waals surface area contributed by atoms with Gasteiger partial charge in [0.25, 0.3) is 5.91 Å². The van der Waals surface area contributed by atoms with E-state index in [1.54, 1.807) is 38.3 Å². The number of nitrogens with one attached hydrogen (secondary N) is 1. The molecule has 0 radical (unpaired) electrons. The lowest BCUT2D eigenvalue weighted by Gasteiger charge is -2.16. The van der Waals surface area contributed by atoms with Gasteiger partial charge in [-0.25, -0.2) is 0 Å². The van der Waals surface area contributed by atoms with Crippen LogP contribution in [0.25, 0.3) is 0 Å². The maximum absolute atomic E-state index is 12.2. The quantitative estimate of drug-likeness (QED) is 0.748. The molecule has 2 rings (SSSR count). The predicted molar refractivity (Wildman–Crippen MR) is 102 cm³/mol. The van der Waals surface area contributed by atoms with Crippen molar-refractivity contribution in [3.8, 4) is 17.2 Å². The number of hydrogen-bond donors (Lipinski definition) is 1. The topological polar surface area (TPSA) is 56.8 Å². The molecule has 0 spiro atoms. The van der Waals surface area contributed by atoms with E-state index in [0.717, 1.165) is 5.56 Å². The molecule has 1 amide bonds. The van der Waals surface area contributed by atoms with Crippen LogP contribution in [0, 0.1) is 0 Å². The molecule has 0 saturated heterocycles. The first kappa shape index (κ1) is 19.9. The lowest BCUT2D eigenvalue weighted by molar-refractivity contribution is -0.127. The molecule has 0 heterocycles. The van der Waals surface area contributed by atoms with Crippen LogP contribution < -0.4 is 19.5 Å². The summed E-state index contributed by atoms with van der Waals surface area (Å²) in [6.45, 7) is 5.96. The first-order valence-corrected chi connectivity index (χ1v) is 8.80. The third kappa shape index (κ3) is 5.85. The largest absolute Gasteiger partial charge is 0.493 e. The van der Waals surface area contributed by atoms with E-state index < -0.39 is 6.10 Å². The standard InChI is InChI=1S/C20H24ClNO4/c1-13(2)25-18-9-8-15(10-19(18)24-4)12-22-20(23)14(3)26-17-7-5-6-16(21)11-17/h5-11,13-14H,12H2,1-4H3,(H,22,23)/t14-/m0/s1. The second-order valence-electron chi connectivity index (χ2n) is 6.09. The van der Waals surface area contributed by atoms with Crippen LogP contribution in [0.1, 0.15) is 26.3 Å². The highest BCUT2D eigenvalue weighted by molar-refractivity contribution is 6.30. The third-order valence-corrected chi connectivity index (χ3v) is 3.77. The Morgan fingerprint density at radius 1 is 1.08 bits per heavy atom. The number of halogens is 1. The van der Waals surface area contributed by atoms with Gasteiger partial charge in [0, 0.05) is 11.6 Å². The Morgan fingerprint density at radius 3 is 2.50 bits per heavy atom. The minimum Gasteiger partial charge on any atom is -0.493 e. The molecular formula is C20H24ClNO4. The number of ether oxygens (including phenoxy) is 3. The van der Waals surface area contributed by atoms with E-state index in [9.17, 15) is 4.79 Å². The number of hydrogen-bond acceptors (Lipinski definition) is 4. The monoisotopic (exact) mass is 377 g/mol. The minimum atomic E-state index is -0.640. The van der Waals surface area contributed by atoms with Gasteiger partial charge < -0.3 is 19.5 Å². The summed E-state index contributed by atoms with van der Waals surface area (Å²) >= 11 is 5.92. The van der Waals surface area contributed by atoms with Crippen LogP contribution in [0.4, 0.5) is 0 Å². The molecule has 1 N–H and O–H groups in total. The SMILES string of the molecule is COc1cc(CNC(=O)[C@H](C)Oc2cccc(Cl)c2)ccc1OC(C)C. The van der Waals surface area contributed by atoms with E-state index in [1.165, 1.54) is 0 Å². The van der Waals surface area contributed by atoms with Crippen molar-refractivity contribution in [2.24, 2.45) is 0 Å². The van der Waals surface area contributed by atoms with Gasteiger partial charge >= 0.3 is 0 Å². The second-order valence-corrected chi connectivity index (χ2v) is 6.52. The molecule has 0 aliphatic heterocycles. The molecule has 0 aliphatic carbocycles. The van der Waals surface area contributed by atoms with Crippen molar-refractivity contribution >= 4 is 17.5 Å². The number of amides is 1. The summed E-state index contributed by atoms with van der Waals surface area (Å²) in [5.41, 5.74) is 0.904. The predicted octanol–water partition coefficient (Wildman–Crippen LogP) is 4.22. The Hall–Kier alpha value is -2.40. The number of methoxy groups -OCH3 is 1. The van der Waals surface area contributed by atoms with Crippen LogP contribution in [-0.4, -0.2) is 25.2 Å². The lowest BCUT2D eigenvalue weighted by atomic mass is 10.2. The Labute approximate surface area is 159 Å². The fourth-order valence-electron chi connectivity index (χ4n) is 2.30. The molecule has 0 saturated carbocycles. The molecule has 2 aromatic carbocycles. The van der Waals surface area contributed by atoms with Gasteiger partial charge in [0.1, 0.15) is 5.75 Å². The van der Waals surface area contributed by atoms with E-state index >= 15 is 0 Å². The van der Waals surface area contributed by atoms with Gasteiger partial charge in [-0.2, -0.15) is 0 Å². The van der Waals surface area contributed by atoms with E-state index in [0.29, 0.717) is 28.8 Å². The van der Waals surface area contributed by atoms with Crippen molar-refractivity contribution < 1.29 is 19.0 Å². The summed E-state index contributed by atoms with van der Waals surface area (Å²) < 4.78 is 16.7. The summed E-state index contributed by atoms with van der Waals surface area (Å²) in [7, 11) is 1.59. The van der Waals surface area contributed by atoms with Gasteiger partial charge in [-0.3, -0.25) is 4.79 Å². The second kappa shape index (κ2) is 9.34. The molecule has 6 heteroatoms. The molecule has 0 aromatic heterocycles. The van der Waals surface area contributed by atoms with Gasteiger partial charge in [0.05, 0.1) is 13.2 Å². The maximum atomic E-state index is 12.2. The molecule has 1 atom stereocenters. The lowest BCUT2D eigenvalue weighted by Crippen LogP contribution is -2.35. The summed E-state index contributed by atoms with van der Waals surface area (Å²) in [5.74, 6) is 1.65. The maximum Gasteiger partial charge on any atom is 0.261 e. The molecule has 5 nitrogen and oxygen atoms in total. The van der Waals surface area contributed by atoms with Crippen molar-refractivity contribution in [2.75, 3.05) is 7.11 Å². The van der Waals surface area contributed by atoms with E-state index in [4.69, 9.17) is 25.8 Å². The molecule has 0 fully saturated rings. The van der Waals surface area contributed by atoms with Crippen LogP contribution in [0.5, 0.6) is 17.2 Å². The molecule has 0 bridgehead atoms. The van der Waals surface area contributed by atoms with E-state index in [2.05, 4.69) is 5.32 Å². The van der Waals surface area contributed by atoms with Crippen LogP contribution in [-0.2, 0) is 11.3 Å². The van der Waals surface area contributed by atoms with Gasteiger partial charge in [-0.05, 0) is 56.7 Å². The minimum absolute atomic E-state index is 0.0546. The van der Waals surface area contributed by atoms with Gasteiger partial charge in [0.2, 0.25) is 0 Å². The smallest absolute Gasteiger partial charge is 0.261 e. The highest BCUT2D eigenvalue weighted by Gasteiger charge is 2.15. The molecule has 140 valence electrons. The van der Waals surface area contributed by atoms with Crippen LogP contribution >= 0.6 is 11.6 Å². The molecular weight excluding hydrogens is 354 g/mol. The van der Waals surface area contributed by atoms with Crippen molar-refractivity contribution in [3.63, 3.8) is 0 Å². The van der Waals surface area contributed by atoms with E-state index in [-0.39, 0.29) is 12.0 Å². The fourth-order valence-corrected chi connectivity index (χ4v) is 2.48. The van der Waals surface area contributed by atoms with Crippen molar-refractivity contribution in [1.82, 2.24) is 5.32 Å². The number of carbonyl (C=O) groups is 1. The Bertz CT molecular complexity index is 748. The zero-order valence-corrected chi connectivity index (χ0v) is 16.2. The average molecular weight is 378 g/mol. The first-order valence-electron chi connectivity index (χ1n) is 8.42. The van der Waals surface area contributed by atoms with Gasteiger partial charge in [-0.15, -0.1) is 0 Å². The highest BCUT2D eigenvalue weighted by atomic mass is 35.5. The Morgan fingerprint density at radius 2 is 1.85 bits per heavy atom. The molecule has 2 aromatic rings. The van der Waals surface area contributed by atoms with Crippen LogP contribution in [0.3, 0.4) is 0 Å². The molecule has 0 aliphatic rings. The number of benzene rings is 2. The average Bonchev–Trinajstić information content (AvgIpc) is 2.60. The van der Waals surface area contributed by atoms with Gasteiger partial charge in [0.15, 0.2) is 17.6 Å². The van der Waals surface area contributed by atoms with Crippen molar-refractivity contribution in [3.05, 3.63) is 53.1 Å². The Balaban J connectivity index is 1.93. The molecule has 0 unspecified atom stereocenters. The number of rotatable bonds is 8. The number of carbonyl (C=O) groups excluding carboxylic acids is 1. The van der Waals surface area contributed by atoms with Crippen LogP contribution in [0.2, 0.25) is 5.02 Å². The van der Waals surface area contributed by atoms with Gasteiger partial charge in [-0.1, -0.05) is 23.7 Å². The Kier molecular flexibility index (Phi) is 7.16. The molecule has 26 heavy (non-hydrogen) atoms. The summed E-state index contributed by atoms with van der Waals surface area (Å²) in [5, 5.41) is 3.41. The fraction of sp³-hybridized carbons (Fsp3) is 0.350. The van der Waals surface area contributed by atoms with Crippen molar-refractivity contribution in [1.29, 1.82) is 0 Å². The summed E-state index contributed by atoms with van der Waals surface area (Å²) in [4.78, 5) is 12.2.